The van der Waals surface area contributed by atoms with Crippen LogP contribution in [-0.2, 0) is 14.6 Å². The van der Waals surface area contributed by atoms with E-state index in [0.717, 1.165) is 24.5 Å². The molecule has 1 N–H and O–H groups in total. The molecule has 25 heavy (non-hydrogen) atoms. The lowest BCUT2D eigenvalue weighted by Gasteiger charge is -2.18. The van der Waals surface area contributed by atoms with Crippen molar-refractivity contribution in [2.75, 3.05) is 18.2 Å². The van der Waals surface area contributed by atoms with E-state index in [9.17, 15) is 17.6 Å². The van der Waals surface area contributed by atoms with Crippen molar-refractivity contribution >= 4 is 39.1 Å². The first kappa shape index (κ1) is 17.4. The van der Waals surface area contributed by atoms with Crippen molar-refractivity contribution in [3.05, 3.63) is 58.4 Å². The van der Waals surface area contributed by atoms with E-state index in [1.807, 2.05) is 0 Å². The van der Waals surface area contributed by atoms with E-state index in [-0.39, 0.29) is 22.8 Å². The molecule has 2 aromatic carbocycles. The zero-order valence-electron chi connectivity index (χ0n) is 13.0. The molecule has 0 radical (unpaired) electrons. The van der Waals surface area contributed by atoms with Crippen molar-refractivity contribution in [2.24, 2.45) is 0 Å². The minimum absolute atomic E-state index is 0.00779. The van der Waals surface area contributed by atoms with Crippen molar-refractivity contribution in [2.45, 2.75) is 4.90 Å². The van der Waals surface area contributed by atoms with E-state index in [0.29, 0.717) is 16.3 Å². The number of fused-ring (bicyclic) bond motifs is 1. The lowest BCUT2D eigenvalue weighted by molar-refractivity contribution is -0.113. The number of amides is 1. The van der Waals surface area contributed by atoms with Crippen molar-refractivity contribution in [3.63, 3.8) is 0 Å². The maximum atomic E-state index is 13.9. The van der Waals surface area contributed by atoms with Crippen LogP contribution in [0, 0.1) is 5.82 Å². The molecule has 0 bridgehead atoms. The first-order valence-electron chi connectivity index (χ1n) is 7.18. The number of hydrogen-bond acceptors (Lipinski definition) is 4. The predicted octanol–water partition coefficient (Wildman–Crippen LogP) is 3.30. The van der Waals surface area contributed by atoms with Crippen LogP contribution in [0.2, 0.25) is 5.02 Å². The number of benzene rings is 2. The molecule has 0 saturated carbocycles. The molecule has 0 unspecified atom stereocenters. The first-order chi connectivity index (χ1) is 11.7. The summed E-state index contributed by atoms with van der Waals surface area (Å²) < 4.78 is 42.5. The number of ether oxygens (including phenoxy) is 1. The molecule has 130 valence electrons. The second kappa shape index (κ2) is 6.50. The lowest BCUT2D eigenvalue weighted by Crippen LogP contribution is -2.22. The zero-order valence-corrected chi connectivity index (χ0v) is 14.6. The van der Waals surface area contributed by atoms with E-state index in [1.165, 1.54) is 0 Å². The van der Waals surface area contributed by atoms with Crippen molar-refractivity contribution in [3.8, 4) is 5.75 Å². The lowest BCUT2D eigenvalue weighted by atomic mass is 10.1. The molecule has 8 heteroatoms. The molecule has 0 aliphatic carbocycles. The van der Waals surface area contributed by atoms with Crippen LogP contribution in [0.5, 0.6) is 5.75 Å². The largest absolute Gasteiger partial charge is 0.488 e. The summed E-state index contributed by atoms with van der Waals surface area (Å²) in [5, 5.41) is 2.87. The van der Waals surface area contributed by atoms with Crippen LogP contribution in [-0.4, -0.2) is 27.2 Å². The predicted molar refractivity (Wildman–Crippen MR) is 93.1 cm³/mol. The molecule has 2 aromatic rings. The van der Waals surface area contributed by atoms with Gasteiger partial charge in [0.1, 0.15) is 18.2 Å². The maximum Gasteiger partial charge on any atom is 0.255 e. The Morgan fingerprint density at radius 1 is 1.24 bits per heavy atom. The fourth-order valence-corrected chi connectivity index (χ4v) is 3.14. The number of nitrogens with one attached hydrogen (secondary N) is 1. The van der Waals surface area contributed by atoms with Crippen LogP contribution < -0.4 is 10.1 Å². The summed E-state index contributed by atoms with van der Waals surface area (Å²) in [6, 6.07) is 8.23. The Morgan fingerprint density at radius 2 is 2.00 bits per heavy atom. The molecule has 5 nitrogen and oxygen atoms in total. The van der Waals surface area contributed by atoms with Crippen molar-refractivity contribution < 1.29 is 22.3 Å². The smallest absolute Gasteiger partial charge is 0.255 e. The van der Waals surface area contributed by atoms with E-state index >= 15 is 0 Å². The monoisotopic (exact) mass is 381 g/mol. The molecule has 0 spiro atoms. The van der Waals surface area contributed by atoms with Crippen LogP contribution in [0.4, 0.5) is 10.1 Å². The fraction of sp³-hybridized carbons (Fsp3) is 0.118. The van der Waals surface area contributed by atoms with Gasteiger partial charge in [0.15, 0.2) is 9.84 Å². The van der Waals surface area contributed by atoms with Crippen molar-refractivity contribution in [1.29, 1.82) is 0 Å². The molecule has 0 atom stereocenters. The molecule has 0 saturated heterocycles. The molecule has 1 amide bonds. The summed E-state index contributed by atoms with van der Waals surface area (Å²) in [6.07, 6.45) is 2.60. The number of hydrogen-bond donors (Lipinski definition) is 1. The molecule has 0 fully saturated rings. The van der Waals surface area contributed by atoms with Gasteiger partial charge in [-0.25, -0.2) is 12.8 Å². The number of carbonyl (C=O) groups excluding carboxylic acids is 1. The van der Waals surface area contributed by atoms with Gasteiger partial charge >= 0.3 is 0 Å². The van der Waals surface area contributed by atoms with Crippen LogP contribution in [0.15, 0.2) is 46.9 Å². The van der Waals surface area contributed by atoms with Crippen LogP contribution in [0.25, 0.3) is 6.08 Å². The number of sulfone groups is 1. The number of anilines is 1. The second-order valence-corrected chi connectivity index (χ2v) is 7.96. The van der Waals surface area contributed by atoms with E-state index in [4.69, 9.17) is 16.3 Å². The van der Waals surface area contributed by atoms with E-state index < -0.39 is 21.6 Å². The van der Waals surface area contributed by atoms with Gasteiger partial charge in [-0.15, -0.1) is 0 Å². The van der Waals surface area contributed by atoms with Gasteiger partial charge in [-0.2, -0.15) is 0 Å². The van der Waals surface area contributed by atoms with Crippen LogP contribution in [0.3, 0.4) is 0 Å². The normalized spacial score (nSPS) is 13.5. The summed E-state index contributed by atoms with van der Waals surface area (Å²) in [4.78, 5) is 12.3. The highest BCUT2D eigenvalue weighted by Crippen LogP contribution is 2.29. The molecule has 0 aromatic heterocycles. The minimum Gasteiger partial charge on any atom is -0.488 e. The van der Waals surface area contributed by atoms with Gasteiger partial charge in [-0.1, -0.05) is 11.6 Å². The highest BCUT2D eigenvalue weighted by molar-refractivity contribution is 7.90. The van der Waals surface area contributed by atoms with Gasteiger partial charge in [-0.3, -0.25) is 4.79 Å². The Hall–Kier alpha value is -2.38. The molecular weight excluding hydrogens is 369 g/mol. The molecule has 1 aliphatic heterocycles. The molecule has 1 aliphatic rings. The highest BCUT2D eigenvalue weighted by atomic mass is 35.5. The average molecular weight is 382 g/mol. The van der Waals surface area contributed by atoms with Gasteiger partial charge in [-0.05, 0) is 42.5 Å². The minimum atomic E-state index is -3.52. The Morgan fingerprint density at radius 3 is 2.72 bits per heavy atom. The van der Waals surface area contributed by atoms with Gasteiger partial charge in [0.05, 0.1) is 16.2 Å². The Balaban J connectivity index is 1.88. The first-order valence-corrected chi connectivity index (χ1v) is 9.45. The molecular formula is C17H13ClFNO4S. The Bertz CT molecular complexity index is 1000. The van der Waals surface area contributed by atoms with Gasteiger partial charge in [0.2, 0.25) is 0 Å². The fourth-order valence-electron chi connectivity index (χ4n) is 2.31. The van der Waals surface area contributed by atoms with Crippen LogP contribution in [0.1, 0.15) is 5.56 Å². The third-order valence-electron chi connectivity index (χ3n) is 3.59. The summed E-state index contributed by atoms with van der Waals surface area (Å²) >= 11 is 5.92. The third kappa shape index (κ3) is 3.83. The number of halogens is 2. The van der Waals surface area contributed by atoms with Crippen LogP contribution >= 0.6 is 11.6 Å². The summed E-state index contributed by atoms with van der Waals surface area (Å²) in [7, 11) is -3.52. The SMILES string of the molecule is CS(=O)(=O)c1ccc(F)c(NC(=O)C2=Cc3cc(Cl)ccc3OC2)c1. The number of carbonyl (C=O) groups is 1. The van der Waals surface area contributed by atoms with Gasteiger partial charge in [0, 0.05) is 16.8 Å². The molecule has 1 heterocycles. The zero-order chi connectivity index (χ0) is 18.2. The van der Waals surface area contributed by atoms with E-state index in [1.54, 1.807) is 24.3 Å². The van der Waals surface area contributed by atoms with Gasteiger partial charge < -0.3 is 10.1 Å². The van der Waals surface area contributed by atoms with E-state index in [2.05, 4.69) is 5.32 Å². The Kier molecular flexibility index (Phi) is 4.53. The van der Waals surface area contributed by atoms with Gasteiger partial charge in [0.25, 0.3) is 5.91 Å². The summed E-state index contributed by atoms with van der Waals surface area (Å²) in [5.41, 5.74) is 0.680. The highest BCUT2D eigenvalue weighted by Gasteiger charge is 2.19. The number of rotatable bonds is 3. The quantitative estimate of drug-likeness (QED) is 0.828. The summed E-state index contributed by atoms with van der Waals surface area (Å²) in [6.45, 7) is 0.00779. The third-order valence-corrected chi connectivity index (χ3v) is 4.94. The average Bonchev–Trinajstić information content (AvgIpc) is 2.55. The second-order valence-electron chi connectivity index (χ2n) is 5.51. The standard InChI is InChI=1S/C17H13ClFNO4S/c1-25(22,23)13-3-4-14(19)15(8-13)20-17(21)11-6-10-7-12(18)2-5-16(10)24-9-11/h2-8H,9H2,1H3,(H,20,21). The Labute approximate surface area is 149 Å². The molecule has 3 rings (SSSR count). The van der Waals surface area contributed by atoms with Crippen molar-refractivity contribution in [1.82, 2.24) is 0 Å². The summed E-state index contributed by atoms with van der Waals surface area (Å²) in [5.74, 6) is -0.733. The maximum absolute atomic E-state index is 13.9. The topological polar surface area (TPSA) is 72.5 Å².